The van der Waals surface area contributed by atoms with Crippen LogP contribution < -0.4 is 11.1 Å². The molecule has 6 heteroatoms. The number of nitrogens with one attached hydrogen (secondary N) is 1. The van der Waals surface area contributed by atoms with Crippen LogP contribution in [0.1, 0.15) is 6.42 Å². The van der Waals surface area contributed by atoms with Crippen LogP contribution in [0.5, 0.6) is 0 Å². The van der Waals surface area contributed by atoms with Crippen LogP contribution in [0.15, 0.2) is 30.3 Å². The molecule has 0 saturated heterocycles. The van der Waals surface area contributed by atoms with Gasteiger partial charge in [-0.2, -0.15) is 0 Å². The van der Waals surface area contributed by atoms with Crippen LogP contribution in [0.25, 0.3) is 0 Å². The molecular formula is C12H15N3O3. The van der Waals surface area contributed by atoms with Gasteiger partial charge in [0.2, 0.25) is 6.41 Å². The predicted molar refractivity (Wildman–Crippen MR) is 66.5 cm³/mol. The highest BCUT2D eigenvalue weighted by atomic mass is 16.2. The SMILES string of the molecule is NCCCN(C=O)C(=O)C(=O)Nc1ccccc1. The smallest absolute Gasteiger partial charge is 0.318 e. The summed E-state index contributed by atoms with van der Waals surface area (Å²) in [6, 6.07) is 8.54. The van der Waals surface area contributed by atoms with Gasteiger partial charge >= 0.3 is 11.8 Å². The lowest BCUT2D eigenvalue weighted by Crippen LogP contribution is -2.39. The highest BCUT2D eigenvalue weighted by Gasteiger charge is 2.20. The third-order valence-corrected chi connectivity index (χ3v) is 2.22. The van der Waals surface area contributed by atoms with E-state index in [2.05, 4.69) is 5.32 Å². The number of anilines is 1. The van der Waals surface area contributed by atoms with E-state index in [4.69, 9.17) is 5.73 Å². The standard InChI is InChI=1S/C12H15N3O3/c13-7-4-8-15(9-16)12(18)11(17)14-10-5-2-1-3-6-10/h1-3,5-6,9H,4,7-8,13H2,(H,14,17). The first kappa shape index (κ1) is 13.9. The molecular weight excluding hydrogens is 234 g/mol. The van der Waals surface area contributed by atoms with Crippen LogP contribution in [0.4, 0.5) is 5.69 Å². The number of hydrogen-bond acceptors (Lipinski definition) is 4. The Morgan fingerprint density at radius 3 is 2.50 bits per heavy atom. The van der Waals surface area contributed by atoms with Crippen molar-refractivity contribution in [2.45, 2.75) is 6.42 Å². The first-order chi connectivity index (χ1) is 8.69. The van der Waals surface area contributed by atoms with Gasteiger partial charge < -0.3 is 11.1 Å². The van der Waals surface area contributed by atoms with Gasteiger partial charge in [0.1, 0.15) is 0 Å². The minimum absolute atomic E-state index is 0.140. The predicted octanol–water partition coefficient (Wildman–Crippen LogP) is -0.0411. The zero-order valence-corrected chi connectivity index (χ0v) is 9.83. The summed E-state index contributed by atoms with van der Waals surface area (Å²) in [4.78, 5) is 34.7. The quantitative estimate of drug-likeness (QED) is 0.565. The van der Waals surface area contributed by atoms with Crippen LogP contribution in [-0.4, -0.2) is 36.2 Å². The van der Waals surface area contributed by atoms with E-state index in [1.807, 2.05) is 0 Å². The normalized spacial score (nSPS) is 9.61. The van der Waals surface area contributed by atoms with Gasteiger partial charge in [0, 0.05) is 12.2 Å². The molecule has 3 amide bonds. The monoisotopic (exact) mass is 249 g/mol. The number of rotatable bonds is 5. The van der Waals surface area contributed by atoms with Gasteiger partial charge in [-0.15, -0.1) is 0 Å². The summed E-state index contributed by atoms with van der Waals surface area (Å²) in [5.41, 5.74) is 5.78. The molecule has 0 aliphatic heterocycles. The van der Waals surface area contributed by atoms with E-state index in [0.717, 1.165) is 4.90 Å². The molecule has 0 radical (unpaired) electrons. The Morgan fingerprint density at radius 2 is 1.94 bits per heavy atom. The molecule has 1 aromatic carbocycles. The second-order valence-electron chi connectivity index (χ2n) is 3.57. The van der Waals surface area contributed by atoms with Gasteiger partial charge in [0.25, 0.3) is 0 Å². The molecule has 0 saturated carbocycles. The average Bonchev–Trinajstić information content (AvgIpc) is 2.40. The molecule has 0 heterocycles. The lowest BCUT2D eigenvalue weighted by Gasteiger charge is -2.14. The number of nitrogens with two attached hydrogens (primary N) is 1. The molecule has 6 nitrogen and oxygen atoms in total. The van der Waals surface area contributed by atoms with Crippen molar-refractivity contribution in [1.29, 1.82) is 0 Å². The highest BCUT2D eigenvalue weighted by molar-refractivity contribution is 6.41. The molecule has 0 aromatic heterocycles. The minimum Gasteiger partial charge on any atom is -0.330 e. The molecule has 0 bridgehead atoms. The second kappa shape index (κ2) is 7.18. The molecule has 0 unspecified atom stereocenters. The van der Waals surface area contributed by atoms with E-state index in [-0.39, 0.29) is 6.54 Å². The largest absolute Gasteiger partial charge is 0.330 e. The highest BCUT2D eigenvalue weighted by Crippen LogP contribution is 2.05. The number of para-hydroxylation sites is 1. The molecule has 0 spiro atoms. The zero-order valence-electron chi connectivity index (χ0n) is 9.83. The summed E-state index contributed by atoms with van der Waals surface area (Å²) in [5.74, 6) is -1.73. The molecule has 0 aliphatic carbocycles. The van der Waals surface area contributed by atoms with Gasteiger partial charge in [-0.1, -0.05) is 18.2 Å². The Bertz CT molecular complexity index is 420. The van der Waals surface area contributed by atoms with E-state index >= 15 is 0 Å². The Balaban J connectivity index is 2.60. The lowest BCUT2D eigenvalue weighted by molar-refractivity contribution is -0.146. The Kier molecular flexibility index (Phi) is 5.53. The van der Waals surface area contributed by atoms with Crippen LogP contribution in [0, 0.1) is 0 Å². The number of nitrogens with zero attached hydrogens (tertiary/aromatic N) is 1. The molecule has 1 rings (SSSR count). The van der Waals surface area contributed by atoms with Gasteiger partial charge in [-0.3, -0.25) is 19.3 Å². The van der Waals surface area contributed by atoms with Crippen molar-refractivity contribution in [2.75, 3.05) is 18.4 Å². The topological polar surface area (TPSA) is 92.5 Å². The maximum atomic E-state index is 11.6. The maximum absolute atomic E-state index is 11.6. The van der Waals surface area contributed by atoms with E-state index in [0.29, 0.717) is 25.1 Å². The zero-order chi connectivity index (χ0) is 13.4. The molecule has 0 atom stereocenters. The van der Waals surface area contributed by atoms with Crippen molar-refractivity contribution in [3.05, 3.63) is 30.3 Å². The minimum atomic E-state index is -0.887. The number of amides is 3. The summed E-state index contributed by atoms with van der Waals surface area (Å²) >= 11 is 0. The fraction of sp³-hybridized carbons (Fsp3) is 0.250. The molecule has 1 aromatic rings. The van der Waals surface area contributed by atoms with Gasteiger partial charge in [-0.05, 0) is 25.1 Å². The van der Waals surface area contributed by atoms with E-state index in [9.17, 15) is 14.4 Å². The van der Waals surface area contributed by atoms with Crippen LogP contribution in [-0.2, 0) is 14.4 Å². The molecule has 0 fully saturated rings. The van der Waals surface area contributed by atoms with Gasteiger partial charge in [0.05, 0.1) is 0 Å². The maximum Gasteiger partial charge on any atom is 0.318 e. The van der Waals surface area contributed by atoms with E-state index in [1.165, 1.54) is 0 Å². The fourth-order valence-corrected chi connectivity index (χ4v) is 1.30. The average molecular weight is 249 g/mol. The third kappa shape index (κ3) is 3.99. The van der Waals surface area contributed by atoms with Gasteiger partial charge in [0.15, 0.2) is 0 Å². The number of benzene rings is 1. The van der Waals surface area contributed by atoms with E-state index < -0.39 is 11.8 Å². The van der Waals surface area contributed by atoms with E-state index in [1.54, 1.807) is 30.3 Å². The van der Waals surface area contributed by atoms with Crippen molar-refractivity contribution in [1.82, 2.24) is 4.90 Å². The number of imide groups is 1. The van der Waals surface area contributed by atoms with Crippen LogP contribution in [0.3, 0.4) is 0 Å². The Labute approximate surface area is 105 Å². The molecule has 3 N–H and O–H groups in total. The van der Waals surface area contributed by atoms with Crippen LogP contribution in [0.2, 0.25) is 0 Å². The van der Waals surface area contributed by atoms with Crippen molar-refractivity contribution in [3.63, 3.8) is 0 Å². The van der Waals surface area contributed by atoms with Crippen LogP contribution >= 0.6 is 0 Å². The van der Waals surface area contributed by atoms with Crippen molar-refractivity contribution < 1.29 is 14.4 Å². The van der Waals surface area contributed by atoms with Crippen molar-refractivity contribution in [3.8, 4) is 0 Å². The third-order valence-electron chi connectivity index (χ3n) is 2.22. The molecule has 18 heavy (non-hydrogen) atoms. The first-order valence-electron chi connectivity index (χ1n) is 5.51. The summed E-state index contributed by atoms with van der Waals surface area (Å²) in [6.45, 7) is 0.485. The number of carbonyl (C=O) groups is 3. The summed E-state index contributed by atoms with van der Waals surface area (Å²) in [5, 5.41) is 2.41. The lowest BCUT2D eigenvalue weighted by atomic mass is 10.3. The second-order valence-corrected chi connectivity index (χ2v) is 3.57. The summed E-state index contributed by atoms with van der Waals surface area (Å²) in [6.07, 6.45) is 0.797. The summed E-state index contributed by atoms with van der Waals surface area (Å²) in [7, 11) is 0. The fourth-order valence-electron chi connectivity index (χ4n) is 1.30. The van der Waals surface area contributed by atoms with Crippen molar-refractivity contribution in [2.24, 2.45) is 5.73 Å². The molecule has 0 aliphatic rings. The number of carbonyl (C=O) groups excluding carboxylic acids is 3. The molecule has 96 valence electrons. The Morgan fingerprint density at radius 1 is 1.28 bits per heavy atom. The number of hydrogen-bond donors (Lipinski definition) is 2. The van der Waals surface area contributed by atoms with Gasteiger partial charge in [-0.25, -0.2) is 0 Å². The van der Waals surface area contributed by atoms with Crippen molar-refractivity contribution >= 4 is 23.9 Å². The first-order valence-corrected chi connectivity index (χ1v) is 5.51. The Hall–Kier alpha value is -2.21. The summed E-state index contributed by atoms with van der Waals surface area (Å²) < 4.78 is 0.